The molecule has 1 unspecified atom stereocenters. The number of guanidine groups is 1. The molecule has 23 heavy (non-hydrogen) atoms. The van der Waals surface area contributed by atoms with Gasteiger partial charge in [-0.05, 0) is 19.1 Å². The van der Waals surface area contributed by atoms with Crippen molar-refractivity contribution < 1.29 is 4.74 Å². The van der Waals surface area contributed by atoms with Gasteiger partial charge in [0.15, 0.2) is 5.96 Å². The smallest absolute Gasteiger partial charge is 0.191 e. The van der Waals surface area contributed by atoms with Crippen molar-refractivity contribution in [2.75, 3.05) is 46.4 Å². The average Bonchev–Trinajstić information content (AvgIpc) is 2.98. The van der Waals surface area contributed by atoms with E-state index in [4.69, 9.17) is 4.74 Å². The molecule has 0 radical (unpaired) electrons. The summed E-state index contributed by atoms with van der Waals surface area (Å²) in [6.45, 7) is 11.0. The Morgan fingerprint density at radius 1 is 1.43 bits per heavy atom. The lowest BCUT2D eigenvalue weighted by molar-refractivity contribution is 0.0177. The van der Waals surface area contributed by atoms with Gasteiger partial charge in [-0.3, -0.25) is 9.89 Å². The fourth-order valence-electron chi connectivity index (χ4n) is 2.51. The van der Waals surface area contributed by atoms with Crippen LogP contribution in [0, 0.1) is 6.92 Å². The molecule has 7 heteroatoms. The molecule has 0 spiro atoms. The van der Waals surface area contributed by atoms with Gasteiger partial charge in [0.25, 0.3) is 0 Å². The molecular weight excluding hydrogens is 423 g/mol. The largest absolute Gasteiger partial charge is 0.379 e. The minimum absolute atomic E-state index is 0. The van der Waals surface area contributed by atoms with Crippen molar-refractivity contribution in [2.45, 2.75) is 13.0 Å². The number of aliphatic imine (C=N–C) groups is 1. The van der Waals surface area contributed by atoms with Gasteiger partial charge >= 0.3 is 0 Å². The van der Waals surface area contributed by atoms with Gasteiger partial charge in [0.05, 0.1) is 19.3 Å². The molecule has 0 aliphatic carbocycles. The molecule has 0 aromatic carbocycles. The zero-order valence-electron chi connectivity index (χ0n) is 13.9. The third-order valence-corrected chi connectivity index (χ3v) is 4.78. The van der Waals surface area contributed by atoms with Crippen molar-refractivity contribution in [3.63, 3.8) is 0 Å². The lowest BCUT2D eigenvalue weighted by Gasteiger charge is -2.34. The van der Waals surface area contributed by atoms with Crippen LogP contribution in [0.15, 0.2) is 29.8 Å². The molecule has 0 amide bonds. The molecular formula is C16H27IN4OS. The molecule has 1 fully saturated rings. The van der Waals surface area contributed by atoms with Crippen LogP contribution in [-0.2, 0) is 4.74 Å². The number of thiophene rings is 1. The SMILES string of the molecule is C=CCNC(=NC)NCC(c1ccc(C)s1)N1CCOCC1.I. The molecule has 1 aromatic rings. The lowest BCUT2D eigenvalue weighted by Crippen LogP contribution is -2.46. The highest BCUT2D eigenvalue weighted by molar-refractivity contribution is 14.0. The number of morpholine rings is 1. The van der Waals surface area contributed by atoms with Crippen LogP contribution in [0.4, 0.5) is 0 Å². The van der Waals surface area contributed by atoms with E-state index in [-0.39, 0.29) is 24.0 Å². The van der Waals surface area contributed by atoms with Crippen molar-refractivity contribution in [2.24, 2.45) is 4.99 Å². The number of aryl methyl sites for hydroxylation is 1. The second-order valence-corrected chi connectivity index (χ2v) is 6.55. The molecule has 1 aliphatic rings. The van der Waals surface area contributed by atoms with Gasteiger partial charge in [0, 0.05) is 43.0 Å². The van der Waals surface area contributed by atoms with Gasteiger partial charge in [0.1, 0.15) is 0 Å². The monoisotopic (exact) mass is 450 g/mol. The number of halogens is 1. The van der Waals surface area contributed by atoms with Crippen LogP contribution in [0.1, 0.15) is 15.8 Å². The molecule has 1 atom stereocenters. The first-order chi connectivity index (χ1) is 10.7. The zero-order valence-corrected chi connectivity index (χ0v) is 17.0. The molecule has 130 valence electrons. The van der Waals surface area contributed by atoms with Crippen LogP contribution in [-0.4, -0.2) is 57.3 Å². The summed E-state index contributed by atoms with van der Waals surface area (Å²) < 4.78 is 5.49. The summed E-state index contributed by atoms with van der Waals surface area (Å²) in [5.74, 6) is 0.812. The topological polar surface area (TPSA) is 48.9 Å². The Bertz CT molecular complexity index is 500. The van der Waals surface area contributed by atoms with E-state index in [1.165, 1.54) is 9.75 Å². The minimum Gasteiger partial charge on any atom is -0.379 e. The van der Waals surface area contributed by atoms with Crippen molar-refractivity contribution in [3.8, 4) is 0 Å². The second-order valence-electron chi connectivity index (χ2n) is 5.24. The lowest BCUT2D eigenvalue weighted by atomic mass is 10.2. The first-order valence-corrected chi connectivity index (χ1v) is 8.49. The number of hydrogen-bond acceptors (Lipinski definition) is 4. The quantitative estimate of drug-likeness (QED) is 0.303. The van der Waals surface area contributed by atoms with Gasteiger partial charge in [-0.1, -0.05) is 6.08 Å². The Labute approximate surface area is 160 Å². The number of nitrogens with zero attached hydrogens (tertiary/aromatic N) is 2. The third kappa shape index (κ3) is 6.40. The molecule has 2 rings (SSSR count). The average molecular weight is 450 g/mol. The first kappa shape index (κ1) is 20.4. The van der Waals surface area contributed by atoms with Crippen molar-refractivity contribution in [3.05, 3.63) is 34.5 Å². The molecule has 0 saturated carbocycles. The highest BCUT2D eigenvalue weighted by Crippen LogP contribution is 2.27. The summed E-state index contributed by atoms with van der Waals surface area (Å²) in [4.78, 5) is 9.48. The fraction of sp³-hybridized carbons (Fsp3) is 0.562. The number of nitrogens with one attached hydrogen (secondary N) is 2. The van der Waals surface area contributed by atoms with E-state index >= 15 is 0 Å². The van der Waals surface area contributed by atoms with E-state index < -0.39 is 0 Å². The van der Waals surface area contributed by atoms with E-state index in [9.17, 15) is 0 Å². The zero-order chi connectivity index (χ0) is 15.8. The van der Waals surface area contributed by atoms with Crippen LogP contribution in [0.5, 0.6) is 0 Å². The van der Waals surface area contributed by atoms with Crippen LogP contribution in [0.3, 0.4) is 0 Å². The Hall–Kier alpha value is -0.640. The Morgan fingerprint density at radius 3 is 2.74 bits per heavy atom. The molecule has 2 N–H and O–H groups in total. The maximum atomic E-state index is 5.49. The minimum atomic E-state index is 0. The van der Waals surface area contributed by atoms with Gasteiger partial charge in [-0.25, -0.2) is 0 Å². The van der Waals surface area contributed by atoms with Crippen LogP contribution in [0.25, 0.3) is 0 Å². The number of hydrogen-bond donors (Lipinski definition) is 2. The van der Waals surface area contributed by atoms with Crippen LogP contribution >= 0.6 is 35.3 Å². The molecule has 0 bridgehead atoms. The summed E-state index contributed by atoms with van der Waals surface area (Å²) in [5, 5.41) is 6.64. The normalized spacial score (nSPS) is 17.2. The van der Waals surface area contributed by atoms with Gasteiger partial charge in [-0.2, -0.15) is 0 Å². The summed E-state index contributed by atoms with van der Waals surface area (Å²) in [5.41, 5.74) is 0. The van der Waals surface area contributed by atoms with Crippen LogP contribution in [0.2, 0.25) is 0 Å². The summed E-state index contributed by atoms with van der Waals surface area (Å²) in [6, 6.07) is 4.78. The summed E-state index contributed by atoms with van der Waals surface area (Å²) >= 11 is 1.87. The number of rotatable bonds is 6. The molecule has 1 saturated heterocycles. The maximum Gasteiger partial charge on any atom is 0.191 e. The fourth-order valence-corrected chi connectivity index (χ4v) is 3.53. The maximum absolute atomic E-state index is 5.49. The molecule has 1 aromatic heterocycles. The second kappa shape index (κ2) is 11.0. The number of ether oxygens (including phenoxy) is 1. The van der Waals surface area contributed by atoms with Crippen molar-refractivity contribution in [1.82, 2.24) is 15.5 Å². The Balaban J connectivity index is 0.00000264. The van der Waals surface area contributed by atoms with Gasteiger partial charge < -0.3 is 15.4 Å². The molecule has 5 nitrogen and oxygen atoms in total. The predicted octanol–water partition coefficient (Wildman–Crippen LogP) is 2.40. The van der Waals surface area contributed by atoms with E-state index in [0.717, 1.165) is 38.8 Å². The van der Waals surface area contributed by atoms with Crippen molar-refractivity contribution in [1.29, 1.82) is 0 Å². The highest BCUT2D eigenvalue weighted by atomic mass is 127. The highest BCUT2D eigenvalue weighted by Gasteiger charge is 2.24. The van der Waals surface area contributed by atoms with Gasteiger partial charge in [0.2, 0.25) is 0 Å². The standard InChI is InChI=1S/C16H26N4OS.HI/c1-4-7-18-16(17-3)19-12-14(15-6-5-13(2)22-15)20-8-10-21-11-9-20;/h4-6,14H,1,7-12H2,2-3H3,(H2,17,18,19);1H. The van der Waals surface area contributed by atoms with Crippen molar-refractivity contribution >= 4 is 41.3 Å². The first-order valence-electron chi connectivity index (χ1n) is 7.68. The third-order valence-electron chi connectivity index (χ3n) is 3.68. The Morgan fingerprint density at radius 2 is 2.17 bits per heavy atom. The van der Waals surface area contributed by atoms with Crippen LogP contribution < -0.4 is 10.6 Å². The molecule has 1 aliphatic heterocycles. The van der Waals surface area contributed by atoms with E-state index in [1.807, 2.05) is 17.4 Å². The summed E-state index contributed by atoms with van der Waals surface area (Å²) in [6.07, 6.45) is 1.83. The van der Waals surface area contributed by atoms with E-state index in [0.29, 0.717) is 12.6 Å². The van der Waals surface area contributed by atoms with E-state index in [2.05, 4.69) is 46.2 Å². The predicted molar refractivity (Wildman–Crippen MR) is 109 cm³/mol. The molecule has 2 heterocycles. The van der Waals surface area contributed by atoms with E-state index in [1.54, 1.807) is 7.05 Å². The Kier molecular flexibility index (Phi) is 9.77. The summed E-state index contributed by atoms with van der Waals surface area (Å²) in [7, 11) is 1.79. The van der Waals surface area contributed by atoms with Gasteiger partial charge in [-0.15, -0.1) is 41.9 Å².